The number of carbonyl (C=O) groups excluding carboxylic acids is 5. The van der Waals surface area contributed by atoms with Crippen LogP contribution in [0.2, 0.25) is 0 Å². The van der Waals surface area contributed by atoms with Crippen LogP contribution in [0.3, 0.4) is 0 Å². The molecule has 0 aromatic heterocycles. The number of ether oxygens (including phenoxy) is 11. The molecule has 4 aromatic rings. The van der Waals surface area contributed by atoms with Crippen LogP contribution in [0.1, 0.15) is 119 Å². The van der Waals surface area contributed by atoms with Gasteiger partial charge in [-0.3, -0.25) is 0 Å². The molecule has 0 unspecified atom stereocenters. The van der Waals surface area contributed by atoms with Gasteiger partial charge in [0.1, 0.15) is 32.7 Å². The highest BCUT2D eigenvalue weighted by Gasteiger charge is 2.28. The van der Waals surface area contributed by atoms with Crippen LogP contribution >= 0.6 is 11.6 Å². The molecule has 556 valence electrons. The fraction of sp³-hybridized carbons (Fsp3) is 0.613. The summed E-state index contributed by atoms with van der Waals surface area (Å²) in [6.07, 6.45) is 15.1. The van der Waals surface area contributed by atoms with Gasteiger partial charge in [0.25, 0.3) is 6.48 Å². The van der Waals surface area contributed by atoms with Gasteiger partial charge in [-0.25, -0.2) is 19.2 Å². The molecule has 24 heteroatoms. The molecule has 4 aromatic carbocycles. The van der Waals surface area contributed by atoms with Gasteiger partial charge in [0, 0.05) is 133 Å². The lowest BCUT2D eigenvalue weighted by Gasteiger charge is -2.32. The second-order valence-electron chi connectivity index (χ2n) is 24.5. The lowest BCUT2D eigenvalue weighted by molar-refractivity contribution is -0.252. The van der Waals surface area contributed by atoms with Crippen LogP contribution in [0.15, 0.2) is 121 Å². The van der Waals surface area contributed by atoms with Crippen molar-refractivity contribution in [1.29, 1.82) is 0 Å². The zero-order valence-electron chi connectivity index (χ0n) is 59.8. The average molecular weight is 1410 g/mol. The molecule has 4 N–H and O–H groups in total. The number of halogens is 1. The number of rotatable bonds is 25. The van der Waals surface area contributed by atoms with E-state index in [9.17, 15) is 24.0 Å². The predicted octanol–water partition coefficient (Wildman–Crippen LogP) is 12.2. The first kappa shape index (κ1) is 86.9. The summed E-state index contributed by atoms with van der Waals surface area (Å²) < 4.78 is 55.1. The van der Waals surface area contributed by atoms with E-state index in [1.165, 1.54) is 47.0 Å². The molecule has 5 aliphatic heterocycles. The summed E-state index contributed by atoms with van der Waals surface area (Å²) in [7, 11) is 11.3. The molecule has 3 amide bonds. The van der Waals surface area contributed by atoms with Crippen LogP contribution in [-0.2, 0) is 83.3 Å². The Kier molecular flexibility index (Phi) is 49.4. The zero-order valence-corrected chi connectivity index (χ0v) is 60.6. The second-order valence-corrected chi connectivity index (χ2v) is 24.8. The van der Waals surface area contributed by atoms with Gasteiger partial charge in [-0.2, -0.15) is 0 Å². The molecule has 0 radical (unpaired) electrons. The minimum absolute atomic E-state index is 0.00639. The van der Waals surface area contributed by atoms with Crippen molar-refractivity contribution in [2.45, 2.75) is 142 Å². The normalized spacial score (nSPS) is 16.0. The first-order valence-electron chi connectivity index (χ1n) is 34.7. The highest BCUT2D eigenvalue weighted by molar-refractivity contribution is 6.61. The van der Waals surface area contributed by atoms with Crippen molar-refractivity contribution < 1.29 is 86.3 Å². The van der Waals surface area contributed by atoms with E-state index >= 15 is 0 Å². The van der Waals surface area contributed by atoms with Crippen molar-refractivity contribution in [3.05, 3.63) is 144 Å². The van der Waals surface area contributed by atoms with Crippen molar-refractivity contribution in [2.75, 3.05) is 128 Å². The Morgan fingerprint density at radius 3 is 0.960 bits per heavy atom. The largest absolute Gasteiger partial charge is 0.449 e. The van der Waals surface area contributed by atoms with Gasteiger partial charge in [0.2, 0.25) is 0 Å². The average Bonchev–Trinajstić information content (AvgIpc) is 1.15. The smallest absolute Gasteiger partial charge is 0.410 e. The number of aldehydes is 1. The summed E-state index contributed by atoms with van der Waals surface area (Å²) >= 11 is 4.97. The van der Waals surface area contributed by atoms with Gasteiger partial charge >= 0.3 is 23.7 Å². The van der Waals surface area contributed by atoms with Crippen LogP contribution in [-0.4, -0.2) is 202 Å². The van der Waals surface area contributed by atoms with Gasteiger partial charge in [-0.15, -0.1) is 0 Å². The number of aliphatic hydroxyl groups is 2. The van der Waals surface area contributed by atoms with Gasteiger partial charge in [-0.05, 0) is 155 Å². The van der Waals surface area contributed by atoms with Gasteiger partial charge in [0.15, 0.2) is 12.6 Å². The molecule has 0 spiro atoms. The van der Waals surface area contributed by atoms with E-state index in [2.05, 4.69) is 29.6 Å². The molecule has 99 heavy (non-hydrogen) atoms. The lowest BCUT2D eigenvalue weighted by atomic mass is 9.93. The Morgan fingerprint density at radius 1 is 0.414 bits per heavy atom. The highest BCUT2D eigenvalue weighted by atomic mass is 35.5. The Bertz CT molecular complexity index is 2590. The maximum atomic E-state index is 12.1. The predicted molar refractivity (Wildman–Crippen MR) is 380 cm³/mol. The molecule has 0 bridgehead atoms. The number of benzene rings is 4. The number of piperidine rings is 5. The number of hydrogen-bond donors (Lipinski definition) is 4. The Labute approximate surface area is 594 Å². The van der Waals surface area contributed by atoms with Crippen molar-refractivity contribution in [2.24, 2.45) is 29.6 Å². The third-order valence-corrected chi connectivity index (χ3v) is 17.6. The number of carbonyl (C=O) groups is 5. The molecule has 5 aliphatic rings. The number of aliphatic hydroxyl groups excluding tert-OH is 2. The van der Waals surface area contributed by atoms with Crippen LogP contribution < -0.4 is 10.6 Å². The van der Waals surface area contributed by atoms with Crippen LogP contribution in [0, 0.1) is 29.6 Å². The van der Waals surface area contributed by atoms with Gasteiger partial charge in [-0.1, -0.05) is 121 Å². The van der Waals surface area contributed by atoms with E-state index in [4.69, 9.17) is 55.0 Å². The standard InChI is InChI=1S/C17H25NO4.C15H21NO3.C15H19NO3.C9H19NO2.C8H7ClO2.C7H15NO.C4H10O3/c1-20-16(21-2)12-14-8-10-18(11-9-14)17(19)22-13-15-6-4-3-5-7-15;2*17-11-8-13-6-9-16(10-7-13)15(18)19-12-14-4-2-1-3-5-14;1-11-9(12-2)7-8-3-5-10-6-4-8;9-8(10)11-6-7-4-2-1-3-5-7;9-6-3-7-1-4-8-5-2-7;1-5-4(6-2)7-3/h3-7,14,16H,8-13H2,1-2H3;1-5,13,17H,6-12H2;1-5,11,13H,6-10,12H2;8-10H,3-7H2,1-2H3;1-5H,6H2;7-9H,1-6H2;4H,1-3H3. The molecule has 5 saturated heterocycles. The quantitative estimate of drug-likeness (QED) is 0.0208. The van der Waals surface area contributed by atoms with Crippen molar-refractivity contribution in [1.82, 2.24) is 25.3 Å². The van der Waals surface area contributed by atoms with Crippen LogP contribution in [0.4, 0.5) is 19.2 Å². The number of nitrogens with one attached hydrogen (secondary N) is 2. The van der Waals surface area contributed by atoms with E-state index < -0.39 is 11.9 Å². The molecular formula is C75H116ClN5O18. The van der Waals surface area contributed by atoms with Crippen molar-refractivity contribution in [3.8, 4) is 0 Å². The second kappa shape index (κ2) is 56.3. The van der Waals surface area contributed by atoms with Crippen LogP contribution in [0.25, 0.3) is 0 Å². The molecule has 23 nitrogen and oxygen atoms in total. The number of methoxy groups -OCH3 is 7. The van der Waals surface area contributed by atoms with Gasteiger partial charge in [0.05, 0.1) is 0 Å². The van der Waals surface area contributed by atoms with E-state index in [-0.39, 0.29) is 44.1 Å². The fourth-order valence-electron chi connectivity index (χ4n) is 11.5. The molecule has 0 aliphatic carbocycles. The third-order valence-electron chi connectivity index (χ3n) is 17.5. The first-order valence-corrected chi connectivity index (χ1v) is 35.1. The summed E-state index contributed by atoms with van der Waals surface area (Å²) in [6.45, 7) is 10.2. The molecule has 0 saturated carbocycles. The SMILES string of the molecule is COC(CC1CCN(C(=O)OCc2ccccc2)CC1)OC.COC(CC1CCNCC1)OC.COC(OC)OC.O=C(Cl)OCc1ccccc1.O=C(OCc1ccccc1)N1CCC(CCO)CC1.O=CCC1CCN(C(=O)OCc2ccccc2)CC1.OCCC1CCNCC1. The fourth-order valence-corrected chi connectivity index (χ4v) is 11.5. The summed E-state index contributed by atoms with van der Waals surface area (Å²) in [5, 5.41) is 24.1. The Balaban J connectivity index is 0.000000310. The van der Waals surface area contributed by atoms with E-state index in [0.717, 1.165) is 157 Å². The number of amides is 3. The summed E-state index contributed by atoms with van der Waals surface area (Å²) in [5.74, 6) is 3.06. The molecule has 9 rings (SSSR count). The summed E-state index contributed by atoms with van der Waals surface area (Å²) in [5.41, 5.74) is 3.17. The molecular weight excluding hydrogens is 1290 g/mol. The Hall–Kier alpha value is -6.32. The highest BCUT2D eigenvalue weighted by Crippen LogP contribution is 2.25. The minimum atomic E-state index is -0.770. The maximum Gasteiger partial charge on any atom is 0.410 e. The zero-order chi connectivity index (χ0) is 71.9. The van der Waals surface area contributed by atoms with Crippen molar-refractivity contribution in [3.63, 3.8) is 0 Å². The Morgan fingerprint density at radius 2 is 0.687 bits per heavy atom. The number of nitrogens with zero attached hydrogens (tertiary/aromatic N) is 3. The minimum Gasteiger partial charge on any atom is -0.449 e. The number of hydrogen-bond acceptors (Lipinski definition) is 20. The molecule has 5 heterocycles. The van der Waals surface area contributed by atoms with E-state index in [1.807, 2.05) is 121 Å². The summed E-state index contributed by atoms with van der Waals surface area (Å²) in [6, 6.07) is 38.5. The number of likely N-dealkylation sites (tertiary alicyclic amines) is 3. The third kappa shape index (κ3) is 40.6. The van der Waals surface area contributed by atoms with E-state index in [1.54, 1.807) is 43.1 Å². The van der Waals surface area contributed by atoms with Crippen molar-refractivity contribution >= 4 is 41.6 Å². The van der Waals surface area contributed by atoms with Crippen LogP contribution in [0.5, 0.6) is 0 Å². The maximum absolute atomic E-state index is 12.1. The summed E-state index contributed by atoms with van der Waals surface area (Å²) in [4.78, 5) is 61.7. The molecule has 0 atom stereocenters. The lowest BCUT2D eigenvalue weighted by Crippen LogP contribution is -2.39. The monoisotopic (exact) mass is 1410 g/mol. The first-order chi connectivity index (χ1) is 48.2. The van der Waals surface area contributed by atoms with E-state index in [0.29, 0.717) is 63.7 Å². The molecule has 5 fully saturated rings. The topological polar surface area (TPSA) is 261 Å². The van der Waals surface area contributed by atoms with Gasteiger partial charge < -0.3 is 92.4 Å².